The van der Waals surface area contributed by atoms with Crippen LogP contribution in [-0.2, 0) is 14.3 Å². The highest BCUT2D eigenvalue weighted by molar-refractivity contribution is 5.77. The first kappa shape index (κ1) is 15.8. The molecule has 110 valence electrons. The van der Waals surface area contributed by atoms with Gasteiger partial charge >= 0.3 is 5.97 Å². The molecular formula is C14H20N2O4. The average molecular weight is 280 g/mol. The van der Waals surface area contributed by atoms with E-state index >= 15 is 0 Å². The first-order valence-corrected chi connectivity index (χ1v) is 6.40. The van der Waals surface area contributed by atoms with E-state index in [-0.39, 0.29) is 18.5 Å². The normalized spacial score (nSPS) is 9.70. The van der Waals surface area contributed by atoms with E-state index in [2.05, 4.69) is 15.4 Å². The molecule has 0 radical (unpaired) electrons. The van der Waals surface area contributed by atoms with Gasteiger partial charge in [-0.05, 0) is 30.7 Å². The molecule has 0 unspecified atom stereocenters. The van der Waals surface area contributed by atoms with Gasteiger partial charge in [0.1, 0.15) is 5.75 Å². The third kappa shape index (κ3) is 6.08. The fourth-order valence-corrected chi connectivity index (χ4v) is 1.48. The van der Waals surface area contributed by atoms with Crippen LogP contribution < -0.4 is 15.4 Å². The maximum atomic E-state index is 11.5. The molecule has 1 amide bonds. The molecule has 0 saturated carbocycles. The highest BCUT2D eigenvalue weighted by atomic mass is 16.5. The molecule has 1 aromatic carbocycles. The third-order valence-corrected chi connectivity index (χ3v) is 2.62. The summed E-state index contributed by atoms with van der Waals surface area (Å²) in [6, 6.07) is 7.31. The van der Waals surface area contributed by atoms with Crippen LogP contribution in [0.3, 0.4) is 0 Å². The van der Waals surface area contributed by atoms with Gasteiger partial charge in [-0.3, -0.25) is 9.59 Å². The van der Waals surface area contributed by atoms with Crippen LogP contribution in [0, 0.1) is 0 Å². The van der Waals surface area contributed by atoms with Crippen molar-refractivity contribution in [3.63, 3.8) is 0 Å². The van der Waals surface area contributed by atoms with Crippen molar-refractivity contribution in [3.05, 3.63) is 24.3 Å². The quantitative estimate of drug-likeness (QED) is 0.552. The van der Waals surface area contributed by atoms with Crippen LogP contribution in [0.1, 0.15) is 12.8 Å². The Morgan fingerprint density at radius 3 is 2.50 bits per heavy atom. The number of methoxy groups -OCH3 is 1. The summed E-state index contributed by atoms with van der Waals surface area (Å²) < 4.78 is 9.84. The number of amides is 1. The van der Waals surface area contributed by atoms with Crippen molar-refractivity contribution < 1.29 is 19.1 Å². The summed E-state index contributed by atoms with van der Waals surface area (Å²) in [5, 5.41) is 5.67. The lowest BCUT2D eigenvalue weighted by Crippen LogP contribution is -2.30. The Morgan fingerprint density at radius 2 is 1.90 bits per heavy atom. The zero-order valence-electron chi connectivity index (χ0n) is 11.8. The van der Waals surface area contributed by atoms with Gasteiger partial charge in [0.2, 0.25) is 0 Å². The highest BCUT2D eigenvalue weighted by Crippen LogP contribution is 2.14. The lowest BCUT2D eigenvalue weighted by Gasteiger charge is -2.08. The number of ether oxygens (including phenoxy) is 2. The van der Waals surface area contributed by atoms with Crippen LogP contribution in [0.15, 0.2) is 24.3 Å². The average Bonchev–Trinajstić information content (AvgIpc) is 2.49. The Labute approximate surface area is 118 Å². The Hall–Kier alpha value is -2.24. The second kappa shape index (κ2) is 8.79. The molecule has 1 rings (SSSR count). The number of benzene rings is 1. The molecule has 0 saturated heterocycles. The van der Waals surface area contributed by atoms with Crippen LogP contribution in [0.2, 0.25) is 0 Å². The number of nitrogens with one attached hydrogen (secondary N) is 2. The van der Waals surface area contributed by atoms with Gasteiger partial charge in [0, 0.05) is 25.7 Å². The van der Waals surface area contributed by atoms with Gasteiger partial charge in [-0.1, -0.05) is 0 Å². The zero-order valence-corrected chi connectivity index (χ0v) is 11.8. The van der Waals surface area contributed by atoms with Crippen molar-refractivity contribution in [2.75, 3.05) is 32.6 Å². The van der Waals surface area contributed by atoms with Gasteiger partial charge in [-0.2, -0.15) is 0 Å². The fourth-order valence-electron chi connectivity index (χ4n) is 1.48. The van der Waals surface area contributed by atoms with Gasteiger partial charge in [-0.25, -0.2) is 0 Å². The minimum absolute atomic E-state index is 0.0445. The Kier molecular flexibility index (Phi) is 6.95. The number of carbonyl (C=O) groups is 2. The van der Waals surface area contributed by atoms with Crippen molar-refractivity contribution in [1.29, 1.82) is 0 Å². The van der Waals surface area contributed by atoms with Crippen molar-refractivity contribution in [2.24, 2.45) is 0 Å². The number of rotatable bonds is 8. The summed E-state index contributed by atoms with van der Waals surface area (Å²) >= 11 is 0. The first-order chi connectivity index (χ1) is 9.65. The van der Waals surface area contributed by atoms with E-state index in [1.165, 1.54) is 7.11 Å². The molecule has 0 fully saturated rings. The van der Waals surface area contributed by atoms with Crippen LogP contribution in [0.4, 0.5) is 5.69 Å². The van der Waals surface area contributed by atoms with E-state index in [1.807, 2.05) is 19.2 Å². The summed E-state index contributed by atoms with van der Waals surface area (Å²) in [6.07, 6.45) is 0.846. The summed E-state index contributed by atoms with van der Waals surface area (Å²) in [5.41, 5.74) is 0.976. The van der Waals surface area contributed by atoms with Gasteiger partial charge in [0.15, 0.2) is 6.61 Å². The highest BCUT2D eigenvalue weighted by Gasteiger charge is 2.04. The monoisotopic (exact) mass is 280 g/mol. The lowest BCUT2D eigenvalue weighted by molar-refractivity contribution is -0.140. The molecule has 2 N–H and O–H groups in total. The van der Waals surface area contributed by atoms with E-state index in [9.17, 15) is 9.59 Å². The second-order valence-electron chi connectivity index (χ2n) is 4.09. The molecule has 0 aliphatic rings. The molecular weight excluding hydrogens is 260 g/mol. The van der Waals surface area contributed by atoms with Gasteiger partial charge in [0.25, 0.3) is 5.91 Å². The van der Waals surface area contributed by atoms with Crippen LogP contribution in [-0.4, -0.2) is 39.2 Å². The minimum atomic E-state index is -0.278. The molecule has 0 atom stereocenters. The van der Waals surface area contributed by atoms with Crippen LogP contribution in [0.5, 0.6) is 5.75 Å². The molecule has 6 nitrogen and oxygen atoms in total. The maximum absolute atomic E-state index is 11.5. The predicted molar refractivity (Wildman–Crippen MR) is 75.7 cm³/mol. The van der Waals surface area contributed by atoms with Gasteiger partial charge in [0.05, 0.1) is 7.11 Å². The number of esters is 1. The SMILES string of the molecule is CNc1ccc(OCC(=O)NCCCC(=O)OC)cc1. The van der Waals surface area contributed by atoms with Crippen LogP contribution >= 0.6 is 0 Å². The van der Waals surface area contributed by atoms with Crippen molar-refractivity contribution >= 4 is 17.6 Å². The third-order valence-electron chi connectivity index (χ3n) is 2.62. The summed E-state index contributed by atoms with van der Waals surface area (Å²) in [5.74, 6) is 0.140. The van der Waals surface area contributed by atoms with E-state index in [0.29, 0.717) is 25.1 Å². The molecule has 20 heavy (non-hydrogen) atoms. The van der Waals surface area contributed by atoms with Crippen LogP contribution in [0.25, 0.3) is 0 Å². The van der Waals surface area contributed by atoms with Crippen molar-refractivity contribution in [1.82, 2.24) is 5.32 Å². The lowest BCUT2D eigenvalue weighted by atomic mass is 10.3. The second-order valence-corrected chi connectivity index (χ2v) is 4.09. The largest absolute Gasteiger partial charge is 0.484 e. The predicted octanol–water partition coefficient (Wildman–Crippen LogP) is 1.18. The minimum Gasteiger partial charge on any atom is -0.484 e. The van der Waals surface area contributed by atoms with Crippen molar-refractivity contribution in [2.45, 2.75) is 12.8 Å². The Morgan fingerprint density at radius 1 is 1.20 bits per heavy atom. The Bertz CT molecular complexity index is 431. The molecule has 0 bridgehead atoms. The van der Waals surface area contributed by atoms with Gasteiger partial charge < -0.3 is 20.1 Å². The fraction of sp³-hybridized carbons (Fsp3) is 0.429. The standard InChI is InChI=1S/C14H20N2O4/c1-15-11-5-7-12(8-6-11)20-10-13(17)16-9-3-4-14(18)19-2/h5-8,15H,3-4,9-10H2,1-2H3,(H,16,17). The summed E-state index contributed by atoms with van der Waals surface area (Å²) in [4.78, 5) is 22.3. The van der Waals surface area contributed by atoms with Crippen molar-refractivity contribution in [3.8, 4) is 5.75 Å². The summed E-state index contributed by atoms with van der Waals surface area (Å²) in [7, 11) is 3.17. The summed E-state index contributed by atoms with van der Waals surface area (Å²) in [6.45, 7) is 0.382. The number of hydrogen-bond acceptors (Lipinski definition) is 5. The molecule has 0 spiro atoms. The maximum Gasteiger partial charge on any atom is 0.305 e. The first-order valence-electron chi connectivity index (χ1n) is 6.40. The van der Waals surface area contributed by atoms with Gasteiger partial charge in [-0.15, -0.1) is 0 Å². The number of carbonyl (C=O) groups excluding carboxylic acids is 2. The molecule has 6 heteroatoms. The van der Waals surface area contributed by atoms with E-state index in [1.54, 1.807) is 12.1 Å². The van der Waals surface area contributed by atoms with E-state index in [0.717, 1.165) is 5.69 Å². The van der Waals surface area contributed by atoms with E-state index < -0.39 is 0 Å². The smallest absolute Gasteiger partial charge is 0.305 e. The molecule has 0 aliphatic carbocycles. The molecule has 0 aliphatic heterocycles. The molecule has 0 heterocycles. The van der Waals surface area contributed by atoms with E-state index in [4.69, 9.17) is 4.74 Å². The number of anilines is 1. The zero-order chi connectivity index (χ0) is 14.8. The topological polar surface area (TPSA) is 76.7 Å². The Balaban J connectivity index is 2.17. The molecule has 0 aromatic heterocycles. The number of hydrogen-bond donors (Lipinski definition) is 2. The molecule has 1 aromatic rings.